The molecule has 68 valence electrons. The molecule has 0 aromatic carbocycles. The molecule has 0 radical (unpaired) electrons. The van der Waals surface area contributed by atoms with Crippen LogP contribution in [-0.4, -0.2) is 50.8 Å². The Kier molecular flexibility index (Phi) is 5.46. The van der Waals surface area contributed by atoms with E-state index in [4.69, 9.17) is 0 Å². The summed E-state index contributed by atoms with van der Waals surface area (Å²) in [6, 6.07) is 0. The lowest BCUT2D eigenvalue weighted by Gasteiger charge is -2.31. The average Bonchev–Trinajstić information content (AvgIpc) is 1.87. The second kappa shape index (κ2) is 5.52. The third kappa shape index (κ3) is 4.35. The summed E-state index contributed by atoms with van der Waals surface area (Å²) in [4.78, 5) is 4.32. The van der Waals surface area contributed by atoms with Gasteiger partial charge in [0, 0.05) is 0 Å². The van der Waals surface area contributed by atoms with Crippen LogP contribution in [0, 0.1) is 0 Å². The quantitative estimate of drug-likeness (QED) is 0.586. The van der Waals surface area contributed by atoms with Gasteiger partial charge in [-0.2, -0.15) is 0 Å². The van der Waals surface area contributed by atoms with Crippen molar-refractivity contribution in [3.05, 3.63) is 0 Å². The van der Waals surface area contributed by atoms with Crippen LogP contribution in [0.4, 0.5) is 0 Å². The zero-order chi connectivity index (χ0) is 8.85. The maximum Gasteiger partial charge on any atom is 0.116 e. The van der Waals surface area contributed by atoms with Gasteiger partial charge in [0.15, 0.2) is 0 Å². The van der Waals surface area contributed by atoms with Gasteiger partial charge in [-0.3, -0.25) is 15.1 Å². The summed E-state index contributed by atoms with van der Waals surface area (Å²) in [6.45, 7) is 3.25. The van der Waals surface area contributed by atoms with Gasteiger partial charge in [0.1, 0.15) is 6.29 Å². The Balaban J connectivity index is 3.70. The Hall–Kier alpha value is -0.120. The van der Waals surface area contributed by atoms with Gasteiger partial charge >= 0.3 is 0 Å². The first kappa shape index (κ1) is 10.9. The van der Waals surface area contributed by atoms with Crippen LogP contribution < -0.4 is 5.32 Å². The molecule has 0 amide bonds. The lowest BCUT2D eigenvalue weighted by Crippen LogP contribution is -2.51. The van der Waals surface area contributed by atoms with Crippen molar-refractivity contribution in [2.75, 3.05) is 34.7 Å². The predicted octanol–water partition coefficient (Wildman–Crippen LogP) is 0.393. The average molecular weight is 159 g/mol. The van der Waals surface area contributed by atoms with Gasteiger partial charge in [-0.25, -0.2) is 0 Å². The molecule has 0 bridgehead atoms. The Morgan fingerprint density at radius 3 is 1.82 bits per heavy atom. The number of nitrogens with zero attached hydrogens (tertiary/aromatic N) is 2. The Bertz CT molecular complexity index is 83.3. The summed E-state index contributed by atoms with van der Waals surface area (Å²) in [5.41, 5.74) is 0. The molecule has 0 aromatic heterocycles. The van der Waals surface area contributed by atoms with Crippen molar-refractivity contribution in [3.63, 3.8) is 0 Å². The fourth-order valence-electron chi connectivity index (χ4n) is 1.10. The second-order valence-electron chi connectivity index (χ2n) is 3.26. The summed E-state index contributed by atoms with van der Waals surface area (Å²) in [7, 11) is 8.31. The van der Waals surface area contributed by atoms with Gasteiger partial charge in [-0.15, -0.1) is 0 Å². The highest BCUT2D eigenvalue weighted by Crippen LogP contribution is 1.91. The predicted molar refractivity (Wildman–Crippen MR) is 49.5 cm³/mol. The normalized spacial score (nSPS) is 12.0. The highest BCUT2D eigenvalue weighted by molar-refractivity contribution is 4.59. The molecule has 0 rings (SSSR count). The van der Waals surface area contributed by atoms with Crippen LogP contribution in [0.15, 0.2) is 0 Å². The molecule has 0 aliphatic carbocycles. The van der Waals surface area contributed by atoms with Gasteiger partial charge < -0.3 is 0 Å². The first-order valence-corrected chi connectivity index (χ1v) is 4.15. The molecule has 0 spiro atoms. The number of rotatable bonds is 5. The van der Waals surface area contributed by atoms with Crippen LogP contribution in [0.1, 0.15) is 13.3 Å². The van der Waals surface area contributed by atoms with E-state index in [0.717, 1.165) is 6.54 Å². The Morgan fingerprint density at radius 2 is 1.55 bits per heavy atom. The smallest absolute Gasteiger partial charge is 0.116 e. The van der Waals surface area contributed by atoms with Crippen LogP contribution in [0.2, 0.25) is 0 Å². The first-order valence-electron chi connectivity index (χ1n) is 4.15. The molecule has 1 N–H and O–H groups in total. The minimum Gasteiger partial charge on any atom is -0.289 e. The highest BCUT2D eigenvalue weighted by Gasteiger charge is 2.10. The molecule has 0 saturated carbocycles. The summed E-state index contributed by atoms with van der Waals surface area (Å²) < 4.78 is 0. The minimum absolute atomic E-state index is 0.356. The number of hydrogen-bond acceptors (Lipinski definition) is 3. The van der Waals surface area contributed by atoms with E-state index in [-0.39, 0.29) is 0 Å². The van der Waals surface area contributed by atoms with Crippen LogP contribution in [-0.2, 0) is 0 Å². The van der Waals surface area contributed by atoms with Crippen molar-refractivity contribution in [3.8, 4) is 0 Å². The van der Waals surface area contributed by atoms with E-state index in [2.05, 4.69) is 50.2 Å². The van der Waals surface area contributed by atoms with Crippen LogP contribution in [0.5, 0.6) is 0 Å². The van der Waals surface area contributed by atoms with Gasteiger partial charge in [-0.1, -0.05) is 6.92 Å². The van der Waals surface area contributed by atoms with Crippen LogP contribution in [0.25, 0.3) is 0 Å². The second-order valence-corrected chi connectivity index (χ2v) is 3.26. The van der Waals surface area contributed by atoms with E-state index in [1.165, 1.54) is 6.42 Å². The maximum atomic E-state index is 3.42. The fraction of sp³-hybridized carbons (Fsp3) is 1.00. The van der Waals surface area contributed by atoms with Crippen molar-refractivity contribution in [2.45, 2.75) is 19.6 Å². The molecular formula is C8H21N3. The molecule has 3 heteroatoms. The fourth-order valence-corrected chi connectivity index (χ4v) is 1.10. The Morgan fingerprint density at radius 1 is 1.09 bits per heavy atom. The standard InChI is InChI=1S/C8H21N3/c1-6-7-9-8(10(2)3)11(4)5/h8-9H,6-7H2,1-5H3. The lowest BCUT2D eigenvalue weighted by atomic mass is 10.5. The SMILES string of the molecule is CCCNC(N(C)C)N(C)C. The number of nitrogens with one attached hydrogen (secondary N) is 1. The molecule has 0 aliphatic heterocycles. The van der Waals surface area contributed by atoms with E-state index in [0.29, 0.717) is 6.29 Å². The van der Waals surface area contributed by atoms with Crippen LogP contribution >= 0.6 is 0 Å². The molecule has 0 saturated heterocycles. The molecule has 11 heavy (non-hydrogen) atoms. The van der Waals surface area contributed by atoms with Gasteiger partial charge in [0.2, 0.25) is 0 Å². The first-order chi connectivity index (χ1) is 5.09. The molecular weight excluding hydrogens is 138 g/mol. The molecule has 0 aliphatic rings. The largest absolute Gasteiger partial charge is 0.289 e. The highest BCUT2D eigenvalue weighted by atomic mass is 15.4. The summed E-state index contributed by atoms with van der Waals surface area (Å²) >= 11 is 0. The van der Waals surface area contributed by atoms with Crippen molar-refractivity contribution in [1.82, 2.24) is 15.1 Å². The summed E-state index contributed by atoms with van der Waals surface area (Å²) in [6.07, 6.45) is 1.54. The van der Waals surface area contributed by atoms with E-state index < -0.39 is 0 Å². The molecule has 0 unspecified atom stereocenters. The van der Waals surface area contributed by atoms with Crippen molar-refractivity contribution >= 4 is 0 Å². The number of hydrogen-bond donors (Lipinski definition) is 1. The molecule has 0 fully saturated rings. The van der Waals surface area contributed by atoms with E-state index in [1.54, 1.807) is 0 Å². The van der Waals surface area contributed by atoms with Crippen molar-refractivity contribution < 1.29 is 0 Å². The minimum atomic E-state index is 0.356. The monoisotopic (exact) mass is 159 g/mol. The molecule has 3 nitrogen and oxygen atoms in total. The zero-order valence-corrected chi connectivity index (χ0v) is 8.39. The van der Waals surface area contributed by atoms with Crippen molar-refractivity contribution in [1.29, 1.82) is 0 Å². The maximum absolute atomic E-state index is 3.42. The van der Waals surface area contributed by atoms with Crippen LogP contribution in [0.3, 0.4) is 0 Å². The third-order valence-corrected chi connectivity index (χ3v) is 1.56. The van der Waals surface area contributed by atoms with E-state index in [9.17, 15) is 0 Å². The summed E-state index contributed by atoms with van der Waals surface area (Å²) in [5, 5.41) is 3.42. The Labute approximate surface area is 70.4 Å². The van der Waals surface area contributed by atoms with Gasteiger partial charge in [0.25, 0.3) is 0 Å². The zero-order valence-electron chi connectivity index (χ0n) is 8.39. The molecule has 0 atom stereocenters. The molecule has 0 aromatic rings. The van der Waals surface area contributed by atoms with Gasteiger partial charge in [-0.05, 0) is 41.2 Å². The summed E-state index contributed by atoms with van der Waals surface area (Å²) in [5.74, 6) is 0. The van der Waals surface area contributed by atoms with Crippen molar-refractivity contribution in [2.24, 2.45) is 0 Å². The molecule has 0 heterocycles. The van der Waals surface area contributed by atoms with E-state index >= 15 is 0 Å². The van der Waals surface area contributed by atoms with E-state index in [1.807, 2.05) is 0 Å². The lowest BCUT2D eigenvalue weighted by molar-refractivity contribution is 0.0960. The van der Waals surface area contributed by atoms with Gasteiger partial charge in [0.05, 0.1) is 0 Å². The topological polar surface area (TPSA) is 18.5 Å². The third-order valence-electron chi connectivity index (χ3n) is 1.56.